The molecule has 2 aromatic rings. The summed E-state index contributed by atoms with van der Waals surface area (Å²) in [6, 6.07) is 15.4. The highest BCUT2D eigenvalue weighted by molar-refractivity contribution is 6.32. The third-order valence-electron chi connectivity index (χ3n) is 2.34. The Morgan fingerprint density at radius 3 is 2.06 bits per heavy atom. The lowest BCUT2D eigenvalue weighted by Gasteiger charge is -1.99. The molecule has 0 atom stereocenters. The normalized spacial score (nSPS) is 10.8. The standard InChI is InChI=1S/C14H12ClN/c15-13-7-3-1-5-11(13)9-10-12-6-2-4-8-14(12)16/h1-10H,16H2/b10-9+. The lowest BCUT2D eigenvalue weighted by molar-refractivity contribution is 1.63. The van der Waals surface area contributed by atoms with Gasteiger partial charge in [-0.2, -0.15) is 0 Å². The van der Waals surface area contributed by atoms with Crippen LogP contribution in [0.25, 0.3) is 12.2 Å². The maximum absolute atomic E-state index is 6.05. The summed E-state index contributed by atoms with van der Waals surface area (Å²) in [4.78, 5) is 0. The number of benzene rings is 2. The molecule has 0 amide bonds. The lowest BCUT2D eigenvalue weighted by Crippen LogP contribution is -1.87. The van der Waals surface area contributed by atoms with Crippen LogP contribution in [0.1, 0.15) is 11.1 Å². The highest BCUT2D eigenvalue weighted by atomic mass is 35.5. The fraction of sp³-hybridized carbons (Fsp3) is 0. The van der Waals surface area contributed by atoms with Gasteiger partial charge >= 0.3 is 0 Å². The Bertz CT molecular complexity index is 470. The molecule has 2 rings (SSSR count). The van der Waals surface area contributed by atoms with Crippen molar-refractivity contribution in [2.45, 2.75) is 0 Å². The molecule has 0 saturated carbocycles. The van der Waals surface area contributed by atoms with Crippen molar-refractivity contribution in [3.05, 3.63) is 64.7 Å². The molecule has 1 nitrogen and oxygen atoms in total. The third-order valence-corrected chi connectivity index (χ3v) is 2.69. The smallest absolute Gasteiger partial charge is 0.0478 e. The second-order valence-electron chi connectivity index (χ2n) is 3.48. The van der Waals surface area contributed by atoms with Crippen molar-refractivity contribution in [1.82, 2.24) is 0 Å². The van der Waals surface area contributed by atoms with E-state index in [-0.39, 0.29) is 0 Å². The van der Waals surface area contributed by atoms with Gasteiger partial charge in [0.15, 0.2) is 0 Å². The Balaban J connectivity index is 2.29. The van der Waals surface area contributed by atoms with E-state index in [4.69, 9.17) is 17.3 Å². The number of rotatable bonds is 2. The van der Waals surface area contributed by atoms with Crippen LogP contribution in [0.3, 0.4) is 0 Å². The van der Waals surface area contributed by atoms with Crippen LogP contribution >= 0.6 is 11.6 Å². The number of hydrogen-bond donors (Lipinski definition) is 1. The minimum absolute atomic E-state index is 0.744. The molecule has 0 aliphatic heterocycles. The molecule has 2 aromatic carbocycles. The average molecular weight is 230 g/mol. The van der Waals surface area contributed by atoms with E-state index >= 15 is 0 Å². The summed E-state index contributed by atoms with van der Waals surface area (Å²) in [5.74, 6) is 0. The first-order valence-electron chi connectivity index (χ1n) is 5.04. The van der Waals surface area contributed by atoms with Crippen molar-refractivity contribution in [3.8, 4) is 0 Å². The molecule has 0 heterocycles. The van der Waals surface area contributed by atoms with Crippen molar-refractivity contribution >= 4 is 29.4 Å². The monoisotopic (exact) mass is 229 g/mol. The Morgan fingerprint density at radius 1 is 0.812 bits per heavy atom. The maximum atomic E-state index is 6.05. The van der Waals surface area contributed by atoms with E-state index in [1.54, 1.807) is 0 Å². The summed E-state index contributed by atoms with van der Waals surface area (Å²) in [6.07, 6.45) is 3.94. The summed E-state index contributed by atoms with van der Waals surface area (Å²) in [7, 11) is 0. The van der Waals surface area contributed by atoms with Gasteiger partial charge in [0, 0.05) is 10.7 Å². The predicted molar refractivity (Wildman–Crippen MR) is 71.2 cm³/mol. The number of halogens is 1. The summed E-state index contributed by atoms with van der Waals surface area (Å²) < 4.78 is 0. The molecule has 0 aliphatic carbocycles. The van der Waals surface area contributed by atoms with Crippen molar-refractivity contribution in [3.63, 3.8) is 0 Å². The van der Waals surface area contributed by atoms with Gasteiger partial charge in [0.05, 0.1) is 0 Å². The number of hydrogen-bond acceptors (Lipinski definition) is 1. The Hall–Kier alpha value is -1.73. The zero-order chi connectivity index (χ0) is 11.4. The van der Waals surface area contributed by atoms with Gasteiger partial charge < -0.3 is 5.73 Å². The summed E-state index contributed by atoms with van der Waals surface area (Å²) in [6.45, 7) is 0. The molecule has 0 radical (unpaired) electrons. The average Bonchev–Trinajstić information content (AvgIpc) is 2.30. The van der Waals surface area contributed by atoms with E-state index in [1.165, 1.54) is 0 Å². The molecule has 0 spiro atoms. The van der Waals surface area contributed by atoms with Gasteiger partial charge in [-0.3, -0.25) is 0 Å². The number of nitrogen functional groups attached to an aromatic ring is 1. The molecule has 80 valence electrons. The van der Waals surface area contributed by atoms with E-state index < -0.39 is 0 Å². The van der Waals surface area contributed by atoms with Crippen LogP contribution in [0.2, 0.25) is 5.02 Å². The van der Waals surface area contributed by atoms with Gasteiger partial charge in [-0.15, -0.1) is 0 Å². The topological polar surface area (TPSA) is 26.0 Å². The van der Waals surface area contributed by atoms with E-state index in [0.29, 0.717) is 0 Å². The minimum atomic E-state index is 0.744. The Morgan fingerprint density at radius 2 is 1.38 bits per heavy atom. The van der Waals surface area contributed by atoms with Crippen molar-refractivity contribution in [2.75, 3.05) is 5.73 Å². The zero-order valence-corrected chi connectivity index (χ0v) is 9.48. The second-order valence-corrected chi connectivity index (χ2v) is 3.89. The highest BCUT2D eigenvalue weighted by Crippen LogP contribution is 2.19. The van der Waals surface area contributed by atoms with Gasteiger partial charge in [0.2, 0.25) is 0 Å². The van der Waals surface area contributed by atoms with E-state index in [9.17, 15) is 0 Å². The number of anilines is 1. The number of nitrogens with two attached hydrogens (primary N) is 1. The molecular weight excluding hydrogens is 218 g/mol. The lowest BCUT2D eigenvalue weighted by atomic mass is 10.1. The van der Waals surface area contributed by atoms with Crippen LogP contribution in [0, 0.1) is 0 Å². The third kappa shape index (κ3) is 2.44. The first kappa shape index (κ1) is 10.8. The van der Waals surface area contributed by atoms with E-state index in [0.717, 1.165) is 21.8 Å². The van der Waals surface area contributed by atoms with Crippen molar-refractivity contribution in [2.24, 2.45) is 0 Å². The van der Waals surface area contributed by atoms with Crippen LogP contribution in [0.4, 0.5) is 5.69 Å². The van der Waals surface area contributed by atoms with Crippen LogP contribution in [-0.2, 0) is 0 Å². The van der Waals surface area contributed by atoms with Gasteiger partial charge in [0.25, 0.3) is 0 Å². The molecule has 0 bridgehead atoms. The molecule has 0 aromatic heterocycles. The molecule has 0 aliphatic rings. The molecule has 2 N–H and O–H groups in total. The molecule has 0 unspecified atom stereocenters. The van der Waals surface area contributed by atoms with Gasteiger partial charge in [-0.25, -0.2) is 0 Å². The Kier molecular flexibility index (Phi) is 3.28. The van der Waals surface area contributed by atoms with Crippen LogP contribution in [-0.4, -0.2) is 0 Å². The summed E-state index contributed by atoms with van der Waals surface area (Å²) >= 11 is 6.05. The van der Waals surface area contributed by atoms with Crippen LogP contribution in [0.5, 0.6) is 0 Å². The zero-order valence-electron chi connectivity index (χ0n) is 8.73. The van der Waals surface area contributed by atoms with Gasteiger partial charge in [0.1, 0.15) is 0 Å². The fourth-order valence-electron chi connectivity index (χ4n) is 1.45. The van der Waals surface area contributed by atoms with Gasteiger partial charge in [-0.05, 0) is 23.3 Å². The van der Waals surface area contributed by atoms with Crippen LogP contribution < -0.4 is 5.73 Å². The predicted octanol–water partition coefficient (Wildman–Crippen LogP) is 4.09. The minimum Gasteiger partial charge on any atom is -0.398 e. The summed E-state index contributed by atoms with van der Waals surface area (Å²) in [5, 5.41) is 0.744. The molecule has 0 fully saturated rings. The first-order chi connectivity index (χ1) is 7.77. The first-order valence-corrected chi connectivity index (χ1v) is 5.42. The molecule has 2 heteroatoms. The number of para-hydroxylation sites is 1. The van der Waals surface area contributed by atoms with E-state index in [2.05, 4.69) is 0 Å². The highest BCUT2D eigenvalue weighted by Gasteiger charge is 1.95. The fourth-order valence-corrected chi connectivity index (χ4v) is 1.65. The van der Waals surface area contributed by atoms with E-state index in [1.807, 2.05) is 60.7 Å². The van der Waals surface area contributed by atoms with Crippen LogP contribution in [0.15, 0.2) is 48.5 Å². The molecular formula is C14H12ClN. The van der Waals surface area contributed by atoms with Gasteiger partial charge in [-0.1, -0.05) is 60.2 Å². The molecule has 0 saturated heterocycles. The second kappa shape index (κ2) is 4.86. The summed E-state index contributed by atoms with van der Waals surface area (Å²) in [5.41, 5.74) is 8.60. The van der Waals surface area contributed by atoms with Crippen molar-refractivity contribution < 1.29 is 0 Å². The quantitative estimate of drug-likeness (QED) is 0.609. The Labute approximate surface area is 100 Å². The maximum Gasteiger partial charge on any atom is 0.0478 e. The SMILES string of the molecule is Nc1ccccc1/C=C/c1ccccc1Cl. The largest absolute Gasteiger partial charge is 0.398 e. The molecule has 16 heavy (non-hydrogen) atoms. The van der Waals surface area contributed by atoms with Crippen molar-refractivity contribution in [1.29, 1.82) is 0 Å².